The van der Waals surface area contributed by atoms with Crippen molar-refractivity contribution >= 4 is 15.9 Å². The van der Waals surface area contributed by atoms with Crippen LogP contribution in [-0.2, 0) is 10.0 Å². The van der Waals surface area contributed by atoms with Crippen LogP contribution in [0.4, 0.5) is 0 Å². The highest BCUT2D eigenvalue weighted by Gasteiger charge is 2.25. The summed E-state index contributed by atoms with van der Waals surface area (Å²) in [5.41, 5.74) is 0.718. The van der Waals surface area contributed by atoms with Gasteiger partial charge in [-0.2, -0.15) is 0 Å². The van der Waals surface area contributed by atoms with Crippen molar-refractivity contribution in [1.82, 2.24) is 9.62 Å². The minimum atomic E-state index is -3.66. The number of aryl methyl sites for hydroxylation is 1. The Morgan fingerprint density at radius 3 is 2.16 bits per heavy atom. The first kappa shape index (κ1) is 19.9. The molecule has 1 fully saturated rings. The largest absolute Gasteiger partial charge is 0.339 e. The van der Waals surface area contributed by atoms with Gasteiger partial charge in [-0.25, -0.2) is 13.1 Å². The third kappa shape index (κ3) is 5.54. The second-order valence-electron chi connectivity index (χ2n) is 7.89. The average molecular weight is 367 g/mol. The van der Waals surface area contributed by atoms with Crippen molar-refractivity contribution in [3.05, 3.63) is 29.3 Å². The molecule has 0 bridgehead atoms. The standard InChI is InChI=1S/C19H30N2O3S/c1-15-10-11-16(25(23,24)20-19(2,3)4)14-17(15)18(22)21-12-8-6-5-7-9-13-21/h10-11,14,20H,5-9,12-13H2,1-4H3. The van der Waals surface area contributed by atoms with Gasteiger partial charge in [0, 0.05) is 24.2 Å². The Balaban J connectivity index is 2.30. The molecule has 2 rings (SSSR count). The minimum Gasteiger partial charge on any atom is -0.339 e. The lowest BCUT2D eigenvalue weighted by Gasteiger charge is -2.26. The van der Waals surface area contributed by atoms with Crippen molar-refractivity contribution in [2.24, 2.45) is 0 Å². The number of benzene rings is 1. The van der Waals surface area contributed by atoms with E-state index >= 15 is 0 Å². The highest BCUT2D eigenvalue weighted by atomic mass is 32.2. The monoisotopic (exact) mass is 366 g/mol. The van der Waals surface area contributed by atoms with Crippen molar-refractivity contribution < 1.29 is 13.2 Å². The molecule has 1 saturated heterocycles. The fourth-order valence-corrected chi connectivity index (χ4v) is 4.53. The van der Waals surface area contributed by atoms with E-state index in [0.717, 1.165) is 44.3 Å². The van der Waals surface area contributed by atoms with Gasteiger partial charge in [0.15, 0.2) is 0 Å². The van der Waals surface area contributed by atoms with Gasteiger partial charge >= 0.3 is 0 Å². The molecule has 1 aromatic carbocycles. The van der Waals surface area contributed by atoms with Crippen LogP contribution in [0.2, 0.25) is 0 Å². The van der Waals surface area contributed by atoms with Gasteiger partial charge in [0.2, 0.25) is 10.0 Å². The van der Waals surface area contributed by atoms with Gasteiger partial charge in [0.25, 0.3) is 5.91 Å². The Labute approximate surface area is 151 Å². The Bertz CT molecular complexity index is 713. The first-order valence-electron chi connectivity index (χ1n) is 9.04. The molecule has 140 valence electrons. The quantitative estimate of drug-likeness (QED) is 0.890. The van der Waals surface area contributed by atoms with Crippen LogP contribution in [-0.4, -0.2) is 37.9 Å². The molecule has 1 aliphatic rings. The maximum Gasteiger partial charge on any atom is 0.254 e. The first-order valence-corrected chi connectivity index (χ1v) is 10.5. The molecule has 1 aromatic rings. The van der Waals surface area contributed by atoms with Crippen LogP contribution < -0.4 is 4.72 Å². The Morgan fingerprint density at radius 2 is 1.60 bits per heavy atom. The van der Waals surface area contributed by atoms with Gasteiger partial charge in [-0.05, 0) is 58.2 Å². The summed E-state index contributed by atoms with van der Waals surface area (Å²) in [6.45, 7) is 8.73. The van der Waals surface area contributed by atoms with E-state index in [1.165, 1.54) is 12.5 Å². The van der Waals surface area contributed by atoms with Gasteiger partial charge in [0.05, 0.1) is 4.90 Å². The minimum absolute atomic E-state index is 0.0628. The summed E-state index contributed by atoms with van der Waals surface area (Å²) in [6, 6.07) is 4.80. The summed E-state index contributed by atoms with van der Waals surface area (Å²) >= 11 is 0. The van der Waals surface area contributed by atoms with Gasteiger partial charge in [-0.1, -0.05) is 25.3 Å². The fourth-order valence-electron chi connectivity index (χ4n) is 3.08. The number of likely N-dealkylation sites (tertiary alicyclic amines) is 1. The van der Waals surface area contributed by atoms with Gasteiger partial charge in [-0.3, -0.25) is 4.79 Å². The molecule has 25 heavy (non-hydrogen) atoms. The molecular formula is C19H30N2O3S. The summed E-state index contributed by atoms with van der Waals surface area (Å²) in [5, 5.41) is 0. The second-order valence-corrected chi connectivity index (χ2v) is 9.57. The number of hydrogen-bond donors (Lipinski definition) is 1. The molecule has 1 N–H and O–H groups in total. The summed E-state index contributed by atoms with van der Waals surface area (Å²) in [5.74, 6) is -0.0628. The average Bonchev–Trinajstić information content (AvgIpc) is 2.44. The molecule has 0 spiro atoms. The number of hydrogen-bond acceptors (Lipinski definition) is 3. The van der Waals surface area contributed by atoms with E-state index in [1.54, 1.807) is 32.9 Å². The van der Waals surface area contributed by atoms with Crippen LogP contribution in [0.25, 0.3) is 0 Å². The number of sulfonamides is 1. The number of amides is 1. The highest BCUT2D eigenvalue weighted by molar-refractivity contribution is 7.89. The van der Waals surface area contributed by atoms with E-state index in [2.05, 4.69) is 4.72 Å². The predicted octanol–water partition coefficient (Wildman–Crippen LogP) is 3.48. The lowest BCUT2D eigenvalue weighted by Crippen LogP contribution is -2.40. The maximum absolute atomic E-state index is 13.0. The lowest BCUT2D eigenvalue weighted by atomic mass is 10.0. The molecule has 0 aliphatic carbocycles. The van der Waals surface area contributed by atoms with Crippen LogP contribution in [0.5, 0.6) is 0 Å². The van der Waals surface area contributed by atoms with E-state index in [0.29, 0.717) is 5.56 Å². The van der Waals surface area contributed by atoms with Gasteiger partial charge < -0.3 is 4.90 Å². The lowest BCUT2D eigenvalue weighted by molar-refractivity contribution is 0.0741. The van der Waals surface area contributed by atoms with Crippen LogP contribution in [0, 0.1) is 6.92 Å². The summed E-state index contributed by atoms with van der Waals surface area (Å²) in [7, 11) is -3.66. The number of rotatable bonds is 3. The Kier molecular flexibility index (Phi) is 6.27. The van der Waals surface area contributed by atoms with Crippen molar-refractivity contribution in [2.45, 2.75) is 70.2 Å². The van der Waals surface area contributed by atoms with Gasteiger partial charge in [0.1, 0.15) is 0 Å². The molecule has 6 heteroatoms. The van der Waals surface area contributed by atoms with Crippen molar-refractivity contribution in [3.8, 4) is 0 Å². The van der Waals surface area contributed by atoms with Crippen molar-refractivity contribution in [3.63, 3.8) is 0 Å². The number of carbonyl (C=O) groups excluding carboxylic acids is 1. The zero-order valence-corrected chi connectivity index (χ0v) is 16.6. The van der Waals surface area contributed by atoms with Crippen LogP contribution in [0.15, 0.2) is 23.1 Å². The zero-order valence-electron chi connectivity index (χ0n) is 15.8. The number of carbonyl (C=O) groups is 1. The molecule has 0 saturated carbocycles. The Hall–Kier alpha value is -1.40. The van der Waals surface area contributed by atoms with E-state index < -0.39 is 15.6 Å². The molecule has 1 amide bonds. The summed E-state index contributed by atoms with van der Waals surface area (Å²) in [6.07, 6.45) is 5.54. The van der Waals surface area contributed by atoms with Crippen molar-refractivity contribution in [1.29, 1.82) is 0 Å². The topological polar surface area (TPSA) is 66.5 Å². The SMILES string of the molecule is Cc1ccc(S(=O)(=O)NC(C)(C)C)cc1C(=O)N1CCCCCCC1. The Morgan fingerprint density at radius 1 is 1.04 bits per heavy atom. The van der Waals surface area contributed by atoms with Gasteiger partial charge in [-0.15, -0.1) is 0 Å². The summed E-state index contributed by atoms with van der Waals surface area (Å²) in [4.78, 5) is 15.0. The molecule has 0 aromatic heterocycles. The smallest absolute Gasteiger partial charge is 0.254 e. The van der Waals surface area contributed by atoms with E-state index in [4.69, 9.17) is 0 Å². The third-order valence-electron chi connectivity index (χ3n) is 4.33. The molecule has 1 heterocycles. The van der Waals surface area contributed by atoms with E-state index in [9.17, 15) is 13.2 Å². The number of nitrogens with one attached hydrogen (secondary N) is 1. The van der Waals surface area contributed by atoms with Crippen molar-refractivity contribution in [2.75, 3.05) is 13.1 Å². The van der Waals surface area contributed by atoms with Crippen LogP contribution in [0.1, 0.15) is 68.8 Å². The van der Waals surface area contributed by atoms with E-state index in [-0.39, 0.29) is 10.8 Å². The molecular weight excluding hydrogens is 336 g/mol. The molecule has 0 unspecified atom stereocenters. The first-order chi connectivity index (χ1) is 11.6. The fraction of sp³-hybridized carbons (Fsp3) is 0.632. The molecule has 1 aliphatic heterocycles. The molecule has 5 nitrogen and oxygen atoms in total. The normalized spacial score (nSPS) is 17.0. The zero-order chi connectivity index (χ0) is 18.7. The molecule has 0 atom stereocenters. The number of nitrogens with zero attached hydrogens (tertiary/aromatic N) is 1. The van der Waals surface area contributed by atoms with Crippen LogP contribution >= 0.6 is 0 Å². The molecule has 0 radical (unpaired) electrons. The maximum atomic E-state index is 13.0. The second kappa shape index (κ2) is 7.87. The van der Waals surface area contributed by atoms with Crippen LogP contribution in [0.3, 0.4) is 0 Å². The predicted molar refractivity (Wildman–Crippen MR) is 100 cm³/mol. The summed E-state index contributed by atoms with van der Waals surface area (Å²) < 4.78 is 27.8. The van der Waals surface area contributed by atoms with E-state index in [1.807, 2.05) is 11.8 Å². The third-order valence-corrected chi connectivity index (χ3v) is 6.09. The highest BCUT2D eigenvalue weighted by Crippen LogP contribution is 2.20.